The van der Waals surface area contributed by atoms with Gasteiger partial charge in [0, 0.05) is 0 Å². The van der Waals surface area contributed by atoms with Crippen molar-refractivity contribution in [2.24, 2.45) is 35.5 Å². The standard InChI is InChI=1S/C15H22F2O5S/c1-8-4-12-9-2-3-10(5-9)13(12)6-11(8)7-20-14(18)15(16,17)23-22-21-19/h8-13,19H,2-7H2,1H3. The van der Waals surface area contributed by atoms with Gasteiger partial charge >= 0.3 is 11.2 Å². The molecule has 0 aromatic rings. The van der Waals surface area contributed by atoms with Crippen LogP contribution < -0.4 is 0 Å². The summed E-state index contributed by atoms with van der Waals surface area (Å²) in [6.45, 7) is 2.13. The Labute approximate surface area is 138 Å². The van der Waals surface area contributed by atoms with Crippen LogP contribution in [0, 0.1) is 35.5 Å². The highest BCUT2D eigenvalue weighted by Gasteiger charge is 2.51. The van der Waals surface area contributed by atoms with E-state index in [1.165, 1.54) is 19.3 Å². The lowest BCUT2D eigenvalue weighted by Crippen LogP contribution is -2.37. The summed E-state index contributed by atoms with van der Waals surface area (Å²) in [5.74, 6) is 1.94. The van der Waals surface area contributed by atoms with E-state index in [-0.39, 0.29) is 12.5 Å². The number of hydrogen-bond donors (Lipinski definition) is 1. The summed E-state index contributed by atoms with van der Waals surface area (Å²) in [5, 5.41) is 7.07. The highest BCUT2D eigenvalue weighted by molar-refractivity contribution is 7.96. The Morgan fingerprint density at radius 2 is 1.87 bits per heavy atom. The van der Waals surface area contributed by atoms with Crippen LogP contribution in [0.4, 0.5) is 8.78 Å². The molecule has 6 atom stereocenters. The Balaban J connectivity index is 1.51. The molecule has 0 heterocycles. The average molecular weight is 352 g/mol. The summed E-state index contributed by atoms with van der Waals surface area (Å²) < 4.78 is 35.2. The number of ether oxygens (including phenoxy) is 1. The number of rotatable bonds is 6. The quantitative estimate of drug-likeness (QED) is 0.338. The molecule has 0 amide bonds. The first-order valence-corrected chi connectivity index (χ1v) is 8.87. The molecule has 2 bridgehead atoms. The van der Waals surface area contributed by atoms with Crippen molar-refractivity contribution < 1.29 is 32.9 Å². The first-order valence-electron chi connectivity index (χ1n) is 8.13. The van der Waals surface area contributed by atoms with E-state index in [9.17, 15) is 13.6 Å². The fraction of sp³-hybridized carbons (Fsp3) is 0.933. The molecule has 23 heavy (non-hydrogen) atoms. The van der Waals surface area contributed by atoms with Gasteiger partial charge in [0.25, 0.3) is 0 Å². The van der Waals surface area contributed by atoms with Crippen LogP contribution in [0.2, 0.25) is 0 Å². The normalized spacial score (nSPS) is 39.3. The van der Waals surface area contributed by atoms with Crippen LogP contribution >= 0.6 is 12.0 Å². The average Bonchev–Trinajstić information content (AvgIpc) is 3.12. The number of halogens is 2. The molecule has 0 spiro atoms. The van der Waals surface area contributed by atoms with Crippen molar-refractivity contribution in [3.8, 4) is 0 Å². The van der Waals surface area contributed by atoms with Crippen molar-refractivity contribution in [1.29, 1.82) is 0 Å². The second-order valence-electron chi connectivity index (χ2n) is 7.21. The molecular formula is C15H22F2O5S. The van der Waals surface area contributed by atoms with Crippen LogP contribution in [-0.4, -0.2) is 23.1 Å². The van der Waals surface area contributed by atoms with Gasteiger partial charge in [0.05, 0.1) is 6.61 Å². The third-order valence-electron chi connectivity index (χ3n) is 6.13. The summed E-state index contributed by atoms with van der Waals surface area (Å²) >= 11 is -0.581. The minimum Gasteiger partial charge on any atom is -0.460 e. The molecule has 132 valence electrons. The summed E-state index contributed by atoms with van der Waals surface area (Å²) in [6.07, 6.45) is 6.03. The Bertz CT molecular complexity index is 450. The van der Waals surface area contributed by atoms with Crippen LogP contribution in [0.25, 0.3) is 0 Å². The molecular weight excluding hydrogens is 330 g/mol. The first kappa shape index (κ1) is 17.4. The highest BCUT2D eigenvalue weighted by atomic mass is 32.2. The minimum atomic E-state index is -3.91. The van der Waals surface area contributed by atoms with Gasteiger partial charge < -0.3 is 4.74 Å². The Hall–Kier alpha value is -0.440. The minimum absolute atomic E-state index is 0.0107. The zero-order chi connectivity index (χ0) is 16.6. The van der Waals surface area contributed by atoms with E-state index in [1.807, 2.05) is 0 Å². The maximum Gasteiger partial charge on any atom is 0.415 e. The molecule has 6 unspecified atom stereocenters. The fourth-order valence-corrected chi connectivity index (χ4v) is 5.30. The SMILES string of the molecule is CC1CC2C3CCC(C3)C2CC1COC(=O)C(F)(F)SOOO. The second-order valence-corrected chi connectivity index (χ2v) is 8.03. The smallest absolute Gasteiger partial charge is 0.415 e. The number of carbonyl (C=O) groups is 1. The largest absolute Gasteiger partial charge is 0.460 e. The summed E-state index contributed by atoms with van der Waals surface area (Å²) in [7, 11) is 0. The molecule has 0 radical (unpaired) electrons. The number of alkyl halides is 2. The molecule has 3 saturated carbocycles. The lowest BCUT2D eigenvalue weighted by molar-refractivity contribution is -0.433. The molecule has 0 saturated heterocycles. The summed E-state index contributed by atoms with van der Waals surface area (Å²) in [4.78, 5) is 11.5. The van der Waals surface area contributed by atoms with E-state index in [0.717, 1.165) is 30.6 Å². The molecule has 3 fully saturated rings. The Kier molecular flexibility index (Phi) is 5.15. The predicted molar refractivity (Wildman–Crippen MR) is 78.0 cm³/mol. The van der Waals surface area contributed by atoms with E-state index in [1.54, 1.807) is 0 Å². The summed E-state index contributed by atoms with van der Waals surface area (Å²) in [6, 6.07) is 0. The number of carbonyl (C=O) groups excluding carboxylic acids is 1. The monoisotopic (exact) mass is 352 g/mol. The van der Waals surface area contributed by atoms with Crippen LogP contribution in [0.5, 0.6) is 0 Å². The number of esters is 1. The van der Waals surface area contributed by atoms with Crippen LogP contribution in [0.15, 0.2) is 0 Å². The topological polar surface area (TPSA) is 65.0 Å². The van der Waals surface area contributed by atoms with Gasteiger partial charge in [0.2, 0.25) is 0 Å². The van der Waals surface area contributed by atoms with Crippen molar-refractivity contribution >= 4 is 18.0 Å². The summed E-state index contributed by atoms with van der Waals surface area (Å²) in [5.41, 5.74) is 0. The van der Waals surface area contributed by atoms with Crippen LogP contribution in [0.3, 0.4) is 0 Å². The molecule has 5 nitrogen and oxygen atoms in total. The molecule has 0 aromatic heterocycles. The van der Waals surface area contributed by atoms with Gasteiger partial charge in [-0.15, -0.1) is 4.33 Å². The lowest BCUT2D eigenvalue weighted by Gasteiger charge is -2.42. The van der Waals surface area contributed by atoms with Crippen molar-refractivity contribution in [1.82, 2.24) is 0 Å². The van der Waals surface area contributed by atoms with E-state index >= 15 is 0 Å². The van der Waals surface area contributed by atoms with Crippen LogP contribution in [-0.2, 0) is 18.9 Å². The van der Waals surface area contributed by atoms with Gasteiger partial charge in [0.15, 0.2) is 0 Å². The number of hydrogen-bond acceptors (Lipinski definition) is 6. The zero-order valence-electron chi connectivity index (χ0n) is 13.0. The molecule has 3 aliphatic carbocycles. The Morgan fingerprint density at radius 1 is 1.22 bits per heavy atom. The Morgan fingerprint density at radius 3 is 2.52 bits per heavy atom. The zero-order valence-corrected chi connectivity index (χ0v) is 13.8. The molecule has 0 aromatic carbocycles. The van der Waals surface area contributed by atoms with Gasteiger partial charge in [-0.2, -0.15) is 8.78 Å². The fourth-order valence-electron chi connectivity index (χ4n) is 5.06. The molecule has 3 rings (SSSR count). The highest BCUT2D eigenvalue weighted by Crippen LogP contribution is 2.59. The lowest BCUT2D eigenvalue weighted by atomic mass is 9.64. The van der Waals surface area contributed by atoms with Gasteiger partial charge in [-0.25, -0.2) is 10.1 Å². The van der Waals surface area contributed by atoms with E-state index < -0.39 is 23.3 Å². The van der Waals surface area contributed by atoms with Gasteiger partial charge in [-0.05, 0) is 67.6 Å². The maximum atomic E-state index is 13.4. The van der Waals surface area contributed by atoms with Crippen molar-refractivity contribution in [2.75, 3.05) is 6.61 Å². The van der Waals surface area contributed by atoms with Gasteiger partial charge in [-0.1, -0.05) is 12.0 Å². The van der Waals surface area contributed by atoms with Crippen molar-refractivity contribution in [3.63, 3.8) is 0 Å². The van der Waals surface area contributed by atoms with E-state index in [0.29, 0.717) is 11.8 Å². The molecule has 1 N–H and O–H groups in total. The van der Waals surface area contributed by atoms with E-state index in [4.69, 9.17) is 9.99 Å². The van der Waals surface area contributed by atoms with Gasteiger partial charge in [0.1, 0.15) is 12.0 Å². The first-order chi connectivity index (χ1) is 10.9. The van der Waals surface area contributed by atoms with Crippen molar-refractivity contribution in [2.45, 2.75) is 44.3 Å². The predicted octanol–water partition coefficient (Wildman–Crippen LogP) is 3.90. The molecule has 0 aliphatic heterocycles. The van der Waals surface area contributed by atoms with E-state index in [2.05, 4.69) is 16.3 Å². The molecule has 8 heteroatoms. The maximum absolute atomic E-state index is 13.4. The third-order valence-corrected chi connectivity index (χ3v) is 6.64. The van der Waals surface area contributed by atoms with Crippen LogP contribution in [0.1, 0.15) is 39.0 Å². The van der Waals surface area contributed by atoms with Gasteiger partial charge in [-0.3, -0.25) is 0 Å². The molecule has 3 aliphatic rings. The number of fused-ring (bicyclic) bond motifs is 5. The second kappa shape index (κ2) is 6.82. The third kappa shape index (κ3) is 3.50. The van der Waals surface area contributed by atoms with Crippen molar-refractivity contribution in [3.05, 3.63) is 0 Å².